The van der Waals surface area contributed by atoms with Crippen molar-refractivity contribution in [1.82, 2.24) is 10.2 Å². The highest BCUT2D eigenvalue weighted by Gasteiger charge is 2.38. The molecule has 1 saturated heterocycles. The monoisotopic (exact) mass is 254 g/mol. The predicted octanol–water partition coefficient (Wildman–Crippen LogP) is 3.00. The summed E-state index contributed by atoms with van der Waals surface area (Å²) in [4.78, 5) is 14.4. The average molecular weight is 254 g/mol. The van der Waals surface area contributed by atoms with Crippen molar-refractivity contribution >= 4 is 5.91 Å². The molecule has 1 aliphatic heterocycles. The standard InChI is InChI=1S/C15H30N2O/c1-7-11(4)9-12(5)17-14(8-10(2)3)16-13(6)15(17)18/h10-14,16H,7-9H2,1-6H3. The second-order valence-electron chi connectivity index (χ2n) is 6.38. The molecule has 106 valence electrons. The number of carbonyl (C=O) groups excluding carboxylic acids is 1. The van der Waals surface area contributed by atoms with E-state index in [-0.39, 0.29) is 18.1 Å². The Kier molecular flexibility index (Phi) is 5.64. The van der Waals surface area contributed by atoms with Gasteiger partial charge in [-0.2, -0.15) is 0 Å². The fraction of sp³-hybridized carbons (Fsp3) is 0.933. The predicted molar refractivity (Wildman–Crippen MR) is 76.2 cm³/mol. The molecular formula is C15H30N2O. The van der Waals surface area contributed by atoms with Gasteiger partial charge in [-0.15, -0.1) is 0 Å². The van der Waals surface area contributed by atoms with Gasteiger partial charge in [-0.3, -0.25) is 10.1 Å². The van der Waals surface area contributed by atoms with E-state index < -0.39 is 0 Å². The van der Waals surface area contributed by atoms with Gasteiger partial charge in [-0.1, -0.05) is 34.1 Å². The zero-order valence-electron chi connectivity index (χ0n) is 12.9. The molecule has 3 heteroatoms. The molecule has 0 aromatic carbocycles. The van der Waals surface area contributed by atoms with Crippen molar-refractivity contribution < 1.29 is 4.79 Å². The van der Waals surface area contributed by atoms with Crippen molar-refractivity contribution in [2.45, 2.75) is 79.1 Å². The van der Waals surface area contributed by atoms with Crippen LogP contribution in [0.15, 0.2) is 0 Å². The molecule has 0 aromatic rings. The van der Waals surface area contributed by atoms with E-state index >= 15 is 0 Å². The summed E-state index contributed by atoms with van der Waals surface area (Å²) in [6.07, 6.45) is 3.56. The van der Waals surface area contributed by atoms with E-state index in [0.717, 1.165) is 12.8 Å². The lowest BCUT2D eigenvalue weighted by molar-refractivity contribution is -0.132. The molecule has 0 saturated carbocycles. The van der Waals surface area contributed by atoms with Gasteiger partial charge in [0, 0.05) is 6.04 Å². The van der Waals surface area contributed by atoms with Crippen LogP contribution in [0.2, 0.25) is 0 Å². The van der Waals surface area contributed by atoms with Gasteiger partial charge in [0.15, 0.2) is 0 Å². The minimum Gasteiger partial charge on any atom is -0.323 e. The fourth-order valence-electron chi connectivity index (χ4n) is 2.83. The van der Waals surface area contributed by atoms with Crippen molar-refractivity contribution in [2.75, 3.05) is 0 Å². The molecular weight excluding hydrogens is 224 g/mol. The summed E-state index contributed by atoms with van der Waals surface area (Å²) in [5, 5.41) is 3.43. The Morgan fingerprint density at radius 2 is 1.89 bits per heavy atom. The van der Waals surface area contributed by atoms with Crippen LogP contribution in [0.25, 0.3) is 0 Å². The van der Waals surface area contributed by atoms with Gasteiger partial charge < -0.3 is 4.90 Å². The van der Waals surface area contributed by atoms with Gasteiger partial charge in [0.05, 0.1) is 12.2 Å². The summed E-state index contributed by atoms with van der Waals surface area (Å²) in [5.74, 6) is 1.57. The third kappa shape index (κ3) is 3.71. The SMILES string of the molecule is CCC(C)CC(C)N1C(=O)C(C)NC1CC(C)C. The first-order valence-corrected chi connectivity index (χ1v) is 7.45. The maximum atomic E-state index is 12.3. The van der Waals surface area contributed by atoms with Gasteiger partial charge in [0.25, 0.3) is 0 Å². The van der Waals surface area contributed by atoms with Crippen LogP contribution in [-0.4, -0.2) is 29.1 Å². The summed E-state index contributed by atoms with van der Waals surface area (Å²) in [6.45, 7) is 13.1. The van der Waals surface area contributed by atoms with E-state index in [1.54, 1.807) is 0 Å². The number of amides is 1. The first-order valence-electron chi connectivity index (χ1n) is 7.45. The summed E-state index contributed by atoms with van der Waals surface area (Å²) in [7, 11) is 0. The second kappa shape index (κ2) is 6.55. The molecule has 0 spiro atoms. The molecule has 0 aromatic heterocycles. The van der Waals surface area contributed by atoms with E-state index in [9.17, 15) is 4.79 Å². The molecule has 4 atom stereocenters. The molecule has 18 heavy (non-hydrogen) atoms. The van der Waals surface area contributed by atoms with Crippen LogP contribution >= 0.6 is 0 Å². The van der Waals surface area contributed by atoms with Crippen LogP contribution in [0.5, 0.6) is 0 Å². The highest BCUT2D eigenvalue weighted by molar-refractivity contribution is 5.84. The number of nitrogens with zero attached hydrogens (tertiary/aromatic N) is 1. The Morgan fingerprint density at radius 3 is 2.39 bits per heavy atom. The Balaban J connectivity index is 2.71. The van der Waals surface area contributed by atoms with Gasteiger partial charge in [0.2, 0.25) is 5.91 Å². The average Bonchev–Trinajstić information content (AvgIpc) is 2.53. The van der Waals surface area contributed by atoms with Gasteiger partial charge >= 0.3 is 0 Å². The molecule has 1 rings (SSSR count). The quantitative estimate of drug-likeness (QED) is 0.790. The lowest BCUT2D eigenvalue weighted by Gasteiger charge is -2.32. The molecule has 0 aliphatic carbocycles. The zero-order valence-corrected chi connectivity index (χ0v) is 12.9. The minimum atomic E-state index is -0.0202. The highest BCUT2D eigenvalue weighted by Crippen LogP contribution is 2.24. The maximum Gasteiger partial charge on any atom is 0.240 e. The summed E-state index contributed by atoms with van der Waals surface area (Å²) < 4.78 is 0. The van der Waals surface area contributed by atoms with Gasteiger partial charge in [-0.05, 0) is 38.5 Å². The van der Waals surface area contributed by atoms with Crippen LogP contribution in [0, 0.1) is 11.8 Å². The zero-order chi connectivity index (χ0) is 13.9. The lowest BCUT2D eigenvalue weighted by atomic mass is 9.98. The Morgan fingerprint density at radius 1 is 1.28 bits per heavy atom. The Hall–Kier alpha value is -0.570. The molecule has 1 aliphatic rings. The van der Waals surface area contributed by atoms with E-state index in [2.05, 4.69) is 44.8 Å². The summed E-state index contributed by atoms with van der Waals surface area (Å²) in [6, 6.07) is 0.321. The highest BCUT2D eigenvalue weighted by atomic mass is 16.2. The van der Waals surface area contributed by atoms with Crippen molar-refractivity contribution in [3.05, 3.63) is 0 Å². The molecule has 1 heterocycles. The first kappa shape index (κ1) is 15.5. The number of carbonyl (C=O) groups is 1. The summed E-state index contributed by atoms with van der Waals surface area (Å²) >= 11 is 0. The molecule has 0 bridgehead atoms. The smallest absolute Gasteiger partial charge is 0.240 e. The largest absolute Gasteiger partial charge is 0.323 e. The second-order valence-corrected chi connectivity index (χ2v) is 6.38. The van der Waals surface area contributed by atoms with E-state index in [1.165, 1.54) is 6.42 Å². The van der Waals surface area contributed by atoms with Gasteiger partial charge in [0.1, 0.15) is 0 Å². The van der Waals surface area contributed by atoms with E-state index in [1.807, 2.05) is 6.92 Å². The number of hydrogen-bond acceptors (Lipinski definition) is 2. The molecule has 1 fully saturated rings. The molecule has 3 nitrogen and oxygen atoms in total. The van der Waals surface area contributed by atoms with Gasteiger partial charge in [-0.25, -0.2) is 0 Å². The Labute approximate surface area is 112 Å². The molecule has 1 N–H and O–H groups in total. The van der Waals surface area contributed by atoms with Crippen molar-refractivity contribution in [3.8, 4) is 0 Å². The Bertz CT molecular complexity index is 278. The van der Waals surface area contributed by atoms with Crippen molar-refractivity contribution in [1.29, 1.82) is 0 Å². The fourth-order valence-corrected chi connectivity index (χ4v) is 2.83. The third-order valence-corrected chi connectivity index (χ3v) is 4.01. The number of rotatable bonds is 6. The molecule has 0 radical (unpaired) electrons. The van der Waals surface area contributed by atoms with Crippen LogP contribution < -0.4 is 5.32 Å². The van der Waals surface area contributed by atoms with Crippen molar-refractivity contribution in [2.24, 2.45) is 11.8 Å². The number of nitrogens with one attached hydrogen (secondary N) is 1. The topological polar surface area (TPSA) is 32.3 Å². The lowest BCUT2D eigenvalue weighted by Crippen LogP contribution is -2.44. The first-order chi connectivity index (χ1) is 8.36. The van der Waals surface area contributed by atoms with E-state index in [4.69, 9.17) is 0 Å². The molecule has 4 unspecified atom stereocenters. The maximum absolute atomic E-state index is 12.3. The summed E-state index contributed by atoms with van der Waals surface area (Å²) in [5.41, 5.74) is 0. The van der Waals surface area contributed by atoms with E-state index in [0.29, 0.717) is 17.9 Å². The van der Waals surface area contributed by atoms with Crippen molar-refractivity contribution in [3.63, 3.8) is 0 Å². The number of hydrogen-bond donors (Lipinski definition) is 1. The minimum absolute atomic E-state index is 0.0202. The molecule has 1 amide bonds. The third-order valence-electron chi connectivity index (χ3n) is 4.01. The van der Waals surface area contributed by atoms with Crippen LogP contribution in [0.3, 0.4) is 0 Å². The van der Waals surface area contributed by atoms with Crippen LogP contribution in [0.1, 0.15) is 60.8 Å². The van der Waals surface area contributed by atoms with Crippen LogP contribution in [-0.2, 0) is 4.79 Å². The van der Waals surface area contributed by atoms with Crippen LogP contribution in [0.4, 0.5) is 0 Å². The normalized spacial score (nSPS) is 27.9.